The largest absolute Gasteiger partial charge is 0.316 e. The predicted molar refractivity (Wildman–Crippen MR) is 86.2 cm³/mol. The highest BCUT2D eigenvalue weighted by molar-refractivity contribution is 5.96. The average Bonchev–Trinajstić information content (AvgIpc) is 2.55. The highest BCUT2D eigenvalue weighted by Gasteiger charge is 2.14. The van der Waals surface area contributed by atoms with E-state index in [1.54, 1.807) is 6.07 Å². The van der Waals surface area contributed by atoms with Crippen LogP contribution in [0.4, 0.5) is 0 Å². The highest BCUT2D eigenvalue weighted by Crippen LogP contribution is 2.30. The Kier molecular flexibility index (Phi) is 2.61. The van der Waals surface area contributed by atoms with Gasteiger partial charge in [-0.1, -0.05) is 48.5 Å². The summed E-state index contributed by atoms with van der Waals surface area (Å²) in [6.45, 7) is 0. The molecule has 0 N–H and O–H groups in total. The lowest BCUT2D eigenvalue weighted by molar-refractivity contribution is 1.06. The third-order valence-electron chi connectivity index (χ3n) is 3.80. The monoisotopic (exact) mass is 271 g/mol. The van der Waals surface area contributed by atoms with Crippen molar-refractivity contribution in [3.05, 3.63) is 89.2 Å². The van der Waals surface area contributed by atoms with Crippen molar-refractivity contribution in [2.75, 3.05) is 0 Å². The fourth-order valence-electron chi connectivity index (χ4n) is 2.84. The topological polar surface area (TPSA) is 22.0 Å². The first-order valence-corrected chi connectivity index (χ1v) is 6.93. The third-order valence-corrected chi connectivity index (χ3v) is 3.80. The number of pyridine rings is 1. The Morgan fingerprint density at radius 3 is 2.33 bits per heavy atom. The molecule has 0 saturated carbocycles. The molecule has 100 valence electrons. The fourth-order valence-corrected chi connectivity index (χ4v) is 2.84. The molecule has 0 bridgehead atoms. The van der Waals surface area contributed by atoms with Gasteiger partial charge < -0.3 is 4.57 Å². The molecule has 1 heterocycles. The normalized spacial score (nSPS) is 11.0. The van der Waals surface area contributed by atoms with Crippen molar-refractivity contribution in [2.24, 2.45) is 0 Å². The van der Waals surface area contributed by atoms with Crippen molar-refractivity contribution in [2.45, 2.75) is 0 Å². The molecule has 2 aromatic carbocycles. The van der Waals surface area contributed by atoms with Crippen LogP contribution in [0, 0.1) is 0 Å². The van der Waals surface area contributed by atoms with Crippen LogP contribution in [0.25, 0.3) is 27.7 Å². The number of rotatable bonds is 1. The summed E-state index contributed by atoms with van der Waals surface area (Å²) in [6, 6.07) is 23.6. The second kappa shape index (κ2) is 4.60. The van der Waals surface area contributed by atoms with Crippen LogP contribution in [0.15, 0.2) is 83.8 Å². The zero-order valence-electron chi connectivity index (χ0n) is 11.4. The smallest absolute Gasteiger partial charge is 0.188 e. The molecule has 4 rings (SSSR count). The second-order valence-electron chi connectivity index (χ2n) is 5.07. The Morgan fingerprint density at radius 2 is 1.48 bits per heavy atom. The molecule has 2 nitrogen and oxygen atoms in total. The molecule has 1 aliphatic heterocycles. The molecule has 21 heavy (non-hydrogen) atoms. The van der Waals surface area contributed by atoms with Crippen LogP contribution >= 0.6 is 0 Å². The maximum atomic E-state index is 12.4. The molecule has 0 spiro atoms. The molecule has 2 aromatic rings. The van der Waals surface area contributed by atoms with Crippen molar-refractivity contribution >= 4 is 10.8 Å². The van der Waals surface area contributed by atoms with E-state index in [0.29, 0.717) is 0 Å². The Bertz CT molecular complexity index is 954. The van der Waals surface area contributed by atoms with E-state index in [2.05, 4.69) is 10.8 Å². The van der Waals surface area contributed by atoms with Crippen molar-refractivity contribution in [3.8, 4) is 16.9 Å². The first kappa shape index (κ1) is 11.9. The molecule has 0 fully saturated rings. The van der Waals surface area contributed by atoms with Gasteiger partial charge in [0.05, 0.1) is 11.3 Å². The minimum absolute atomic E-state index is 0.0639. The summed E-state index contributed by atoms with van der Waals surface area (Å²) in [6.07, 6.45) is 2.09. The molecule has 0 atom stereocenters. The average molecular weight is 271 g/mol. The molecule has 2 aliphatic rings. The number of para-hydroxylation sites is 1. The molecular formula is C19H13NO. The number of hydrogen-bond acceptors (Lipinski definition) is 1. The van der Waals surface area contributed by atoms with E-state index in [1.807, 2.05) is 66.7 Å². The van der Waals surface area contributed by atoms with Gasteiger partial charge in [0.15, 0.2) is 5.43 Å². The summed E-state index contributed by atoms with van der Waals surface area (Å²) in [5, 5.41) is 2.07. The van der Waals surface area contributed by atoms with Gasteiger partial charge in [0, 0.05) is 11.9 Å². The van der Waals surface area contributed by atoms with Crippen LogP contribution in [0.1, 0.15) is 0 Å². The molecule has 1 aliphatic carbocycles. The lowest BCUT2D eigenvalue weighted by Crippen LogP contribution is -2.10. The van der Waals surface area contributed by atoms with E-state index in [9.17, 15) is 4.79 Å². The van der Waals surface area contributed by atoms with Crippen LogP contribution in [0.5, 0.6) is 0 Å². The van der Waals surface area contributed by atoms with E-state index >= 15 is 0 Å². The second-order valence-corrected chi connectivity index (χ2v) is 5.07. The van der Waals surface area contributed by atoms with Crippen LogP contribution in [-0.4, -0.2) is 4.57 Å². The van der Waals surface area contributed by atoms with E-state index in [-0.39, 0.29) is 5.43 Å². The van der Waals surface area contributed by atoms with Gasteiger partial charge in [0.1, 0.15) is 0 Å². The molecule has 0 unspecified atom stereocenters. The van der Waals surface area contributed by atoms with Gasteiger partial charge in [-0.2, -0.15) is 0 Å². The van der Waals surface area contributed by atoms with Crippen LogP contribution in [0.2, 0.25) is 0 Å². The summed E-state index contributed by atoms with van der Waals surface area (Å²) in [5.41, 5.74) is 2.83. The van der Waals surface area contributed by atoms with Crippen LogP contribution in [-0.2, 0) is 0 Å². The Morgan fingerprint density at radius 1 is 0.714 bits per heavy atom. The van der Waals surface area contributed by atoms with Crippen molar-refractivity contribution in [3.63, 3.8) is 0 Å². The van der Waals surface area contributed by atoms with E-state index in [0.717, 1.165) is 27.7 Å². The Hall–Kier alpha value is -2.87. The summed E-state index contributed by atoms with van der Waals surface area (Å²) in [4.78, 5) is 12.4. The first-order valence-electron chi connectivity index (χ1n) is 6.93. The number of aromatic nitrogens is 1. The molecule has 0 radical (unpaired) electrons. The van der Waals surface area contributed by atoms with Crippen LogP contribution in [0.3, 0.4) is 0 Å². The van der Waals surface area contributed by atoms with Crippen molar-refractivity contribution < 1.29 is 0 Å². The SMILES string of the molecule is O=c1cccc2n(-c3ccccc3)cc3ccccc3c1-2. The third kappa shape index (κ3) is 1.84. The minimum atomic E-state index is 0.0639. The van der Waals surface area contributed by atoms with Gasteiger partial charge in [0.25, 0.3) is 0 Å². The lowest BCUT2D eigenvalue weighted by atomic mass is 10.0. The molecular weight excluding hydrogens is 258 g/mol. The molecule has 2 heteroatoms. The predicted octanol–water partition coefficient (Wildman–Crippen LogP) is 4.10. The number of benzene rings is 3. The lowest BCUT2D eigenvalue weighted by Gasteiger charge is -2.17. The highest BCUT2D eigenvalue weighted by atomic mass is 16.1. The minimum Gasteiger partial charge on any atom is -0.316 e. The van der Waals surface area contributed by atoms with Gasteiger partial charge in [-0.05, 0) is 35.0 Å². The maximum absolute atomic E-state index is 12.4. The van der Waals surface area contributed by atoms with Gasteiger partial charge >= 0.3 is 0 Å². The summed E-state index contributed by atoms with van der Waals surface area (Å²) in [7, 11) is 0. The maximum Gasteiger partial charge on any atom is 0.188 e. The molecule has 0 saturated heterocycles. The van der Waals surface area contributed by atoms with E-state index in [4.69, 9.17) is 0 Å². The zero-order chi connectivity index (χ0) is 14.2. The van der Waals surface area contributed by atoms with Gasteiger partial charge in [0.2, 0.25) is 0 Å². The van der Waals surface area contributed by atoms with Gasteiger partial charge in [-0.15, -0.1) is 0 Å². The molecule has 0 aromatic heterocycles. The number of hydrogen-bond donors (Lipinski definition) is 0. The quantitative estimate of drug-likeness (QED) is 0.478. The summed E-state index contributed by atoms with van der Waals surface area (Å²) >= 11 is 0. The molecule has 0 amide bonds. The van der Waals surface area contributed by atoms with E-state index in [1.165, 1.54) is 0 Å². The Labute approximate surface area is 122 Å². The van der Waals surface area contributed by atoms with Gasteiger partial charge in [-0.3, -0.25) is 4.79 Å². The number of fused-ring (bicyclic) bond motifs is 3. The first-order chi connectivity index (χ1) is 10.3. The van der Waals surface area contributed by atoms with E-state index < -0.39 is 0 Å². The standard InChI is InChI=1S/C19H13NO/c21-18-12-6-11-17-19(18)16-10-5-4-7-14(16)13-20(17)15-8-2-1-3-9-15/h1-13H. The zero-order valence-corrected chi connectivity index (χ0v) is 11.4. The van der Waals surface area contributed by atoms with Crippen molar-refractivity contribution in [1.82, 2.24) is 4.57 Å². The van der Waals surface area contributed by atoms with Crippen molar-refractivity contribution in [1.29, 1.82) is 0 Å². The fraction of sp³-hybridized carbons (Fsp3) is 0. The van der Waals surface area contributed by atoms with Crippen LogP contribution < -0.4 is 5.43 Å². The Balaban J connectivity index is 2.20. The summed E-state index contributed by atoms with van der Waals surface area (Å²) < 4.78 is 2.08. The number of nitrogens with zero attached hydrogens (tertiary/aromatic N) is 1. The summed E-state index contributed by atoms with van der Waals surface area (Å²) in [5.74, 6) is 0. The van der Waals surface area contributed by atoms with Gasteiger partial charge in [-0.25, -0.2) is 0 Å².